The van der Waals surface area contributed by atoms with Gasteiger partial charge in [-0.3, -0.25) is 0 Å². The van der Waals surface area contributed by atoms with Gasteiger partial charge in [-0.15, -0.1) is 0 Å². The van der Waals surface area contributed by atoms with Crippen LogP contribution < -0.4 is 17.7 Å². The zero-order valence-corrected chi connectivity index (χ0v) is 9.57. The molecule has 0 aromatic heterocycles. The molecule has 0 saturated carbocycles. The molecule has 1 aliphatic heterocycles. The average Bonchev–Trinajstić information content (AvgIpc) is 2.31. The molecule has 2 N–H and O–H groups in total. The van der Waals surface area contributed by atoms with Gasteiger partial charge in [-0.05, 0) is 6.42 Å². The Morgan fingerprint density at radius 2 is 2.15 bits per heavy atom. The van der Waals surface area contributed by atoms with Gasteiger partial charge >= 0.3 is 0 Å². The Hall–Kier alpha value is 0.200. The molecule has 1 aliphatic rings. The Morgan fingerprint density at radius 3 is 2.62 bits per heavy atom. The Kier molecular flexibility index (Phi) is 5.92. The van der Waals surface area contributed by atoms with Crippen LogP contribution in [0.5, 0.6) is 0 Å². The number of unbranched alkanes of at least 4 members (excludes halogenated alkanes) is 1. The number of sulfone groups is 1. The standard InChI is InChI=1S/C8H17NO2S.ClH/c1-2-3-5-9-8-4-6-12(10,11)7-8;/h8-9H,2-7H2,1H3;1H. The Bertz CT molecular complexity index is 228. The van der Waals surface area contributed by atoms with Crippen molar-refractivity contribution in [3.63, 3.8) is 0 Å². The third-order valence-corrected chi connectivity index (χ3v) is 4.12. The van der Waals surface area contributed by atoms with Crippen molar-refractivity contribution in [1.82, 2.24) is 0 Å². The second-order valence-corrected chi connectivity index (χ2v) is 5.77. The van der Waals surface area contributed by atoms with E-state index in [-0.39, 0.29) is 12.4 Å². The number of halogens is 1. The number of hydrogen-bond acceptors (Lipinski definition) is 2. The molecular formula is C8H18ClNO2S. The Balaban J connectivity index is 0.00000144. The summed E-state index contributed by atoms with van der Waals surface area (Å²) < 4.78 is 22.1. The average molecular weight is 228 g/mol. The highest BCUT2D eigenvalue weighted by Gasteiger charge is 2.29. The zero-order valence-electron chi connectivity index (χ0n) is 8.00. The molecule has 5 heteroatoms. The molecule has 1 atom stereocenters. The van der Waals surface area contributed by atoms with E-state index in [1.807, 2.05) is 0 Å². The van der Waals surface area contributed by atoms with Crippen molar-refractivity contribution in [2.75, 3.05) is 18.1 Å². The third kappa shape index (κ3) is 4.84. The maximum atomic E-state index is 11.1. The molecule has 3 nitrogen and oxygen atoms in total. The first-order chi connectivity index (χ1) is 5.64. The van der Waals surface area contributed by atoms with Gasteiger partial charge in [0, 0.05) is 6.42 Å². The predicted molar refractivity (Wildman–Crippen MR) is 48.8 cm³/mol. The maximum Gasteiger partial charge on any atom is 0.156 e. The zero-order chi connectivity index (χ0) is 9.03. The first kappa shape index (κ1) is 13.2. The van der Waals surface area contributed by atoms with Crippen molar-refractivity contribution in [2.45, 2.75) is 32.2 Å². The summed E-state index contributed by atoms with van der Waals surface area (Å²) >= 11 is 0. The first-order valence-corrected chi connectivity index (χ1v) is 6.50. The van der Waals surface area contributed by atoms with Crippen molar-refractivity contribution < 1.29 is 26.1 Å². The monoisotopic (exact) mass is 227 g/mol. The molecule has 0 aromatic rings. The van der Waals surface area contributed by atoms with Crippen LogP contribution in [0.2, 0.25) is 0 Å². The van der Waals surface area contributed by atoms with Crippen molar-refractivity contribution in [1.29, 1.82) is 0 Å². The van der Waals surface area contributed by atoms with E-state index < -0.39 is 9.84 Å². The molecule has 13 heavy (non-hydrogen) atoms. The minimum atomic E-state index is -2.66. The Labute approximate surface area is 86.6 Å². The summed E-state index contributed by atoms with van der Waals surface area (Å²) in [4.78, 5) is 0. The van der Waals surface area contributed by atoms with E-state index in [2.05, 4.69) is 12.2 Å². The van der Waals surface area contributed by atoms with Crippen LogP contribution in [0.15, 0.2) is 0 Å². The lowest BCUT2D eigenvalue weighted by Gasteiger charge is -2.05. The van der Waals surface area contributed by atoms with Crippen molar-refractivity contribution in [3.8, 4) is 0 Å². The minimum absolute atomic E-state index is 0. The van der Waals surface area contributed by atoms with E-state index in [1.165, 1.54) is 12.8 Å². The van der Waals surface area contributed by atoms with Gasteiger partial charge in [-0.2, -0.15) is 0 Å². The van der Waals surface area contributed by atoms with Gasteiger partial charge < -0.3 is 17.7 Å². The molecule has 0 aliphatic carbocycles. The van der Waals surface area contributed by atoms with E-state index in [9.17, 15) is 8.42 Å². The molecule has 1 heterocycles. The van der Waals surface area contributed by atoms with Crippen molar-refractivity contribution >= 4 is 9.84 Å². The van der Waals surface area contributed by atoms with Crippen LogP contribution in [0.3, 0.4) is 0 Å². The van der Waals surface area contributed by atoms with Crippen LogP contribution in [0.4, 0.5) is 0 Å². The molecule has 0 bridgehead atoms. The fourth-order valence-electron chi connectivity index (χ4n) is 1.57. The lowest BCUT2D eigenvalue weighted by molar-refractivity contribution is -0.684. The fraction of sp³-hybridized carbons (Fsp3) is 1.00. The SMILES string of the molecule is CCCC[NH2+]C1CCS(=O)(=O)C1.[Cl-]. The fourth-order valence-corrected chi connectivity index (χ4v) is 3.35. The van der Waals surface area contributed by atoms with E-state index in [0.29, 0.717) is 17.5 Å². The van der Waals surface area contributed by atoms with Gasteiger partial charge in [0.05, 0.1) is 12.3 Å². The summed E-state index contributed by atoms with van der Waals surface area (Å²) in [7, 11) is -2.66. The summed E-state index contributed by atoms with van der Waals surface area (Å²) in [5.74, 6) is 0.803. The lowest BCUT2D eigenvalue weighted by atomic mass is 10.2. The summed E-state index contributed by atoms with van der Waals surface area (Å²) in [5, 5.41) is 2.19. The van der Waals surface area contributed by atoms with Crippen LogP contribution in [0, 0.1) is 0 Å². The highest BCUT2D eigenvalue weighted by Crippen LogP contribution is 2.07. The van der Waals surface area contributed by atoms with Crippen molar-refractivity contribution in [2.24, 2.45) is 0 Å². The van der Waals surface area contributed by atoms with Gasteiger partial charge in [-0.1, -0.05) is 13.3 Å². The first-order valence-electron chi connectivity index (χ1n) is 4.68. The number of hydrogen-bond donors (Lipinski definition) is 1. The highest BCUT2D eigenvalue weighted by atomic mass is 35.5. The van der Waals surface area contributed by atoms with E-state index >= 15 is 0 Å². The second kappa shape index (κ2) is 5.83. The summed E-state index contributed by atoms with van der Waals surface area (Å²) in [6, 6.07) is 0.349. The molecule has 0 amide bonds. The van der Waals surface area contributed by atoms with Gasteiger partial charge in [0.25, 0.3) is 0 Å². The predicted octanol–water partition coefficient (Wildman–Crippen LogP) is -3.46. The third-order valence-electron chi connectivity index (χ3n) is 2.33. The molecular weight excluding hydrogens is 210 g/mol. The van der Waals surface area contributed by atoms with E-state index in [4.69, 9.17) is 0 Å². The Morgan fingerprint density at radius 1 is 1.46 bits per heavy atom. The molecule has 0 radical (unpaired) electrons. The smallest absolute Gasteiger partial charge is 0.156 e. The minimum Gasteiger partial charge on any atom is -1.00 e. The molecule has 0 aromatic carbocycles. The van der Waals surface area contributed by atoms with Crippen LogP contribution in [0.25, 0.3) is 0 Å². The van der Waals surface area contributed by atoms with Crippen LogP contribution >= 0.6 is 0 Å². The quantitative estimate of drug-likeness (QED) is 0.508. The molecule has 1 unspecified atom stereocenters. The number of rotatable bonds is 4. The maximum absolute atomic E-state index is 11.1. The van der Waals surface area contributed by atoms with Crippen LogP contribution in [-0.2, 0) is 9.84 Å². The number of quaternary nitrogens is 1. The van der Waals surface area contributed by atoms with Crippen LogP contribution in [-0.4, -0.2) is 32.5 Å². The topological polar surface area (TPSA) is 50.8 Å². The van der Waals surface area contributed by atoms with Gasteiger partial charge in [-0.25, -0.2) is 8.42 Å². The summed E-state index contributed by atoms with van der Waals surface area (Å²) in [6.45, 7) is 3.23. The highest BCUT2D eigenvalue weighted by molar-refractivity contribution is 7.91. The second-order valence-electron chi connectivity index (χ2n) is 3.54. The number of nitrogens with two attached hydrogens (primary N) is 1. The van der Waals surface area contributed by atoms with Gasteiger partial charge in [0.15, 0.2) is 9.84 Å². The van der Waals surface area contributed by atoms with Crippen LogP contribution in [0.1, 0.15) is 26.2 Å². The summed E-state index contributed by atoms with van der Waals surface area (Å²) in [5.41, 5.74) is 0. The lowest BCUT2D eigenvalue weighted by Crippen LogP contribution is -3.00. The molecule has 1 rings (SSSR count). The van der Waals surface area contributed by atoms with E-state index in [0.717, 1.165) is 13.0 Å². The molecule has 1 saturated heterocycles. The molecule has 0 spiro atoms. The van der Waals surface area contributed by atoms with Crippen molar-refractivity contribution in [3.05, 3.63) is 0 Å². The van der Waals surface area contributed by atoms with Gasteiger partial charge in [0.1, 0.15) is 11.8 Å². The normalized spacial score (nSPS) is 25.5. The van der Waals surface area contributed by atoms with Gasteiger partial charge in [0.2, 0.25) is 0 Å². The molecule has 1 fully saturated rings. The summed E-state index contributed by atoms with van der Waals surface area (Å²) in [6.07, 6.45) is 3.23. The molecule has 80 valence electrons. The largest absolute Gasteiger partial charge is 1.00 e. The van der Waals surface area contributed by atoms with E-state index in [1.54, 1.807) is 0 Å².